The maximum absolute atomic E-state index is 5.38. The predicted molar refractivity (Wildman–Crippen MR) is 80.9 cm³/mol. The quantitative estimate of drug-likeness (QED) is 0.936. The fourth-order valence-corrected chi connectivity index (χ4v) is 2.90. The van der Waals surface area contributed by atoms with Gasteiger partial charge in [-0.1, -0.05) is 11.2 Å². The minimum absolute atomic E-state index is 0.604. The summed E-state index contributed by atoms with van der Waals surface area (Å²) in [5.41, 5.74) is 3.05. The van der Waals surface area contributed by atoms with E-state index in [-0.39, 0.29) is 0 Å². The van der Waals surface area contributed by atoms with Crippen molar-refractivity contribution >= 4 is 0 Å². The van der Waals surface area contributed by atoms with Crippen molar-refractivity contribution in [1.82, 2.24) is 20.4 Å². The van der Waals surface area contributed by atoms with E-state index in [2.05, 4.69) is 26.5 Å². The molecule has 3 heterocycles. The molecule has 0 radical (unpaired) electrons. The smallest absolute Gasteiger partial charge is 0.227 e. The number of hydrogen-bond donors (Lipinski definition) is 1. The summed E-state index contributed by atoms with van der Waals surface area (Å²) in [5, 5.41) is 7.47. The van der Waals surface area contributed by atoms with Crippen molar-refractivity contribution in [2.75, 3.05) is 13.1 Å². The first kappa shape index (κ1) is 14.2. The highest BCUT2D eigenvalue weighted by molar-refractivity contribution is 5.53. The first-order valence-corrected chi connectivity index (χ1v) is 7.69. The van der Waals surface area contributed by atoms with Gasteiger partial charge in [0.15, 0.2) is 0 Å². The monoisotopic (exact) mass is 286 g/mol. The van der Waals surface area contributed by atoms with E-state index in [1.807, 2.05) is 20.0 Å². The van der Waals surface area contributed by atoms with Crippen LogP contribution in [0, 0.1) is 19.8 Å². The van der Waals surface area contributed by atoms with Gasteiger partial charge in [0.2, 0.25) is 11.7 Å². The van der Waals surface area contributed by atoms with E-state index in [1.165, 1.54) is 12.8 Å². The van der Waals surface area contributed by atoms with Crippen LogP contribution in [0.15, 0.2) is 16.8 Å². The lowest BCUT2D eigenvalue weighted by Gasteiger charge is -2.21. The fourth-order valence-electron chi connectivity index (χ4n) is 2.90. The Balaban J connectivity index is 1.65. The molecule has 0 spiro atoms. The number of aryl methyl sites for hydroxylation is 3. The zero-order valence-electron chi connectivity index (χ0n) is 12.7. The van der Waals surface area contributed by atoms with Gasteiger partial charge in [-0.05, 0) is 63.2 Å². The summed E-state index contributed by atoms with van der Waals surface area (Å²) in [4.78, 5) is 8.92. The van der Waals surface area contributed by atoms with Gasteiger partial charge in [0.05, 0.1) is 0 Å². The number of nitrogens with zero attached hydrogens (tertiary/aromatic N) is 3. The topological polar surface area (TPSA) is 63.8 Å². The van der Waals surface area contributed by atoms with Gasteiger partial charge in [0, 0.05) is 12.6 Å². The summed E-state index contributed by atoms with van der Waals surface area (Å²) in [6, 6.07) is 2.09. The molecule has 0 amide bonds. The zero-order valence-corrected chi connectivity index (χ0v) is 12.7. The van der Waals surface area contributed by atoms with Crippen LogP contribution in [0.4, 0.5) is 0 Å². The standard InChI is InChI=1S/C16H22N4O/c1-11-9-12(2)15(18-10-11)16-19-14(21-20-16)4-3-13-5-7-17-8-6-13/h9-10,13,17H,3-8H2,1-2H3. The second-order valence-electron chi connectivity index (χ2n) is 5.92. The molecule has 21 heavy (non-hydrogen) atoms. The van der Waals surface area contributed by atoms with E-state index in [4.69, 9.17) is 4.52 Å². The van der Waals surface area contributed by atoms with Gasteiger partial charge in [0.1, 0.15) is 5.69 Å². The van der Waals surface area contributed by atoms with Gasteiger partial charge in [-0.25, -0.2) is 0 Å². The molecular formula is C16H22N4O. The van der Waals surface area contributed by atoms with Crippen molar-refractivity contribution in [2.45, 2.75) is 39.5 Å². The molecule has 112 valence electrons. The molecule has 5 heteroatoms. The molecule has 1 aliphatic heterocycles. The summed E-state index contributed by atoms with van der Waals surface area (Å²) in [5.74, 6) is 2.11. The van der Waals surface area contributed by atoms with Crippen molar-refractivity contribution in [3.8, 4) is 11.5 Å². The third-order valence-corrected chi connectivity index (χ3v) is 4.12. The Morgan fingerprint density at radius 2 is 2.10 bits per heavy atom. The second kappa shape index (κ2) is 6.35. The third kappa shape index (κ3) is 3.47. The number of hydrogen-bond acceptors (Lipinski definition) is 5. The molecule has 0 aromatic carbocycles. The van der Waals surface area contributed by atoms with Crippen LogP contribution < -0.4 is 5.32 Å². The van der Waals surface area contributed by atoms with Gasteiger partial charge in [-0.2, -0.15) is 4.98 Å². The number of aromatic nitrogens is 3. The highest BCUT2D eigenvalue weighted by Crippen LogP contribution is 2.21. The molecule has 0 bridgehead atoms. The fraction of sp³-hybridized carbons (Fsp3) is 0.562. The summed E-state index contributed by atoms with van der Waals surface area (Å²) in [7, 11) is 0. The summed E-state index contributed by atoms with van der Waals surface area (Å²) in [6.07, 6.45) is 6.33. The minimum Gasteiger partial charge on any atom is -0.339 e. The van der Waals surface area contributed by atoms with Gasteiger partial charge in [-0.3, -0.25) is 4.98 Å². The van der Waals surface area contributed by atoms with E-state index < -0.39 is 0 Å². The molecular weight excluding hydrogens is 264 g/mol. The molecule has 1 aliphatic rings. The second-order valence-corrected chi connectivity index (χ2v) is 5.92. The van der Waals surface area contributed by atoms with Crippen molar-refractivity contribution in [3.05, 3.63) is 29.3 Å². The molecule has 2 aromatic heterocycles. The lowest BCUT2D eigenvalue weighted by Crippen LogP contribution is -2.27. The zero-order chi connectivity index (χ0) is 14.7. The Morgan fingerprint density at radius 1 is 1.29 bits per heavy atom. The van der Waals surface area contributed by atoms with Gasteiger partial charge in [-0.15, -0.1) is 0 Å². The van der Waals surface area contributed by atoms with E-state index in [0.29, 0.717) is 5.82 Å². The molecule has 5 nitrogen and oxygen atoms in total. The van der Waals surface area contributed by atoms with Crippen LogP contribution in [0.25, 0.3) is 11.5 Å². The lowest BCUT2D eigenvalue weighted by atomic mass is 9.93. The number of rotatable bonds is 4. The summed E-state index contributed by atoms with van der Waals surface area (Å²) in [6.45, 7) is 6.32. The van der Waals surface area contributed by atoms with E-state index >= 15 is 0 Å². The van der Waals surface area contributed by atoms with Gasteiger partial charge in [0.25, 0.3) is 0 Å². The number of nitrogens with one attached hydrogen (secondary N) is 1. The van der Waals surface area contributed by atoms with Gasteiger partial charge < -0.3 is 9.84 Å². The molecule has 0 saturated carbocycles. The van der Waals surface area contributed by atoms with Gasteiger partial charge >= 0.3 is 0 Å². The van der Waals surface area contributed by atoms with Crippen LogP contribution in [-0.2, 0) is 6.42 Å². The Labute approximate surface area is 125 Å². The van der Waals surface area contributed by atoms with Crippen LogP contribution in [0.2, 0.25) is 0 Å². The van der Waals surface area contributed by atoms with Crippen molar-refractivity contribution in [3.63, 3.8) is 0 Å². The summed E-state index contributed by atoms with van der Waals surface area (Å²) >= 11 is 0. The molecule has 0 aliphatic carbocycles. The maximum Gasteiger partial charge on any atom is 0.227 e. The number of pyridine rings is 1. The molecule has 1 saturated heterocycles. The normalized spacial score (nSPS) is 16.3. The maximum atomic E-state index is 5.38. The van der Waals surface area contributed by atoms with Crippen LogP contribution in [0.1, 0.15) is 36.3 Å². The summed E-state index contributed by atoms with van der Waals surface area (Å²) < 4.78 is 5.38. The van der Waals surface area contributed by atoms with E-state index in [0.717, 1.165) is 54.6 Å². The van der Waals surface area contributed by atoms with Crippen molar-refractivity contribution < 1.29 is 4.52 Å². The van der Waals surface area contributed by atoms with Crippen LogP contribution in [0.5, 0.6) is 0 Å². The van der Waals surface area contributed by atoms with Crippen molar-refractivity contribution in [2.24, 2.45) is 5.92 Å². The van der Waals surface area contributed by atoms with E-state index in [1.54, 1.807) is 0 Å². The highest BCUT2D eigenvalue weighted by atomic mass is 16.5. The Hall–Kier alpha value is -1.75. The average molecular weight is 286 g/mol. The third-order valence-electron chi connectivity index (χ3n) is 4.12. The van der Waals surface area contributed by atoms with Crippen LogP contribution in [0.3, 0.4) is 0 Å². The predicted octanol–water partition coefficient (Wildman–Crippen LogP) is 2.68. The molecule has 0 atom stereocenters. The highest BCUT2D eigenvalue weighted by Gasteiger charge is 2.16. The molecule has 1 N–H and O–H groups in total. The average Bonchev–Trinajstić information content (AvgIpc) is 2.95. The minimum atomic E-state index is 0.604. The van der Waals surface area contributed by atoms with E-state index in [9.17, 15) is 0 Å². The molecule has 2 aromatic rings. The SMILES string of the molecule is Cc1cnc(-c2noc(CCC3CCNCC3)n2)c(C)c1. The number of piperidine rings is 1. The van der Waals surface area contributed by atoms with Crippen molar-refractivity contribution in [1.29, 1.82) is 0 Å². The first-order chi connectivity index (χ1) is 10.2. The van der Waals surface area contributed by atoms with Crippen LogP contribution >= 0.6 is 0 Å². The largest absolute Gasteiger partial charge is 0.339 e. The van der Waals surface area contributed by atoms with Crippen LogP contribution in [-0.4, -0.2) is 28.2 Å². The first-order valence-electron chi connectivity index (χ1n) is 7.69. The lowest BCUT2D eigenvalue weighted by molar-refractivity contribution is 0.324. The Kier molecular flexibility index (Phi) is 4.29. The Morgan fingerprint density at radius 3 is 2.86 bits per heavy atom. The molecule has 3 rings (SSSR count). The molecule has 0 unspecified atom stereocenters. The molecule has 1 fully saturated rings. The Bertz CT molecular complexity index is 602.